The zero-order chi connectivity index (χ0) is 25.4. The summed E-state index contributed by atoms with van der Waals surface area (Å²) in [5, 5.41) is 0. The fourth-order valence-corrected chi connectivity index (χ4v) is 6.13. The molecule has 0 heterocycles. The van der Waals surface area contributed by atoms with Crippen molar-refractivity contribution in [1.29, 1.82) is 0 Å². The number of rotatable bonds is 8. The van der Waals surface area contributed by atoms with Gasteiger partial charge in [-0.3, -0.25) is 9.59 Å². The van der Waals surface area contributed by atoms with Crippen molar-refractivity contribution >= 4 is 11.9 Å². The molecular weight excluding hydrogens is 436 g/mol. The SMILES string of the molecule is CC(C)c1ccc2c(c1)CC(CN)(CC(=O)OC(=O)CC1(CN)Cc3cccc(C(C)C)c3C1)C2. The van der Waals surface area contributed by atoms with Crippen molar-refractivity contribution in [3.05, 3.63) is 69.8 Å². The number of nitrogens with two attached hydrogens (primary N) is 2. The molecular formula is C30H40N2O3. The van der Waals surface area contributed by atoms with Gasteiger partial charge in [-0.1, -0.05) is 64.1 Å². The van der Waals surface area contributed by atoms with E-state index in [1.165, 1.54) is 33.4 Å². The molecule has 5 heteroatoms. The molecule has 0 spiro atoms. The van der Waals surface area contributed by atoms with Crippen molar-refractivity contribution in [3.63, 3.8) is 0 Å². The van der Waals surface area contributed by atoms with Gasteiger partial charge in [0.05, 0.1) is 12.8 Å². The lowest BCUT2D eigenvalue weighted by Gasteiger charge is -2.27. The van der Waals surface area contributed by atoms with Gasteiger partial charge in [0.2, 0.25) is 0 Å². The highest BCUT2D eigenvalue weighted by Crippen LogP contribution is 2.43. The molecule has 2 aromatic rings. The lowest BCUT2D eigenvalue weighted by atomic mass is 9.80. The number of hydrogen-bond acceptors (Lipinski definition) is 5. The molecule has 0 saturated carbocycles. The van der Waals surface area contributed by atoms with Crippen LogP contribution in [0.3, 0.4) is 0 Å². The number of carbonyl (C=O) groups is 2. The summed E-state index contributed by atoms with van der Waals surface area (Å²) in [5.74, 6) is -0.109. The Balaban J connectivity index is 1.40. The minimum absolute atomic E-state index is 0.147. The van der Waals surface area contributed by atoms with Crippen LogP contribution in [0.25, 0.3) is 0 Å². The van der Waals surface area contributed by atoms with Crippen LogP contribution in [0.4, 0.5) is 0 Å². The molecule has 5 nitrogen and oxygen atoms in total. The first-order valence-electron chi connectivity index (χ1n) is 13.0. The van der Waals surface area contributed by atoms with Crippen LogP contribution in [0.15, 0.2) is 36.4 Å². The van der Waals surface area contributed by atoms with E-state index in [9.17, 15) is 9.59 Å². The van der Waals surface area contributed by atoms with E-state index >= 15 is 0 Å². The lowest BCUT2D eigenvalue weighted by molar-refractivity contribution is -0.162. The lowest BCUT2D eigenvalue weighted by Crippen LogP contribution is -2.37. The normalized spacial score (nSPS) is 23.0. The third-order valence-corrected chi connectivity index (χ3v) is 8.21. The first kappa shape index (κ1) is 25.6. The largest absolute Gasteiger partial charge is 0.393 e. The van der Waals surface area contributed by atoms with Crippen LogP contribution >= 0.6 is 0 Å². The maximum Gasteiger partial charge on any atom is 0.314 e. The van der Waals surface area contributed by atoms with Crippen LogP contribution in [0.1, 0.15) is 85.8 Å². The van der Waals surface area contributed by atoms with Gasteiger partial charge in [-0.2, -0.15) is 0 Å². The Morgan fingerprint density at radius 3 is 2.00 bits per heavy atom. The van der Waals surface area contributed by atoms with E-state index in [1.807, 2.05) is 0 Å². The molecule has 0 radical (unpaired) electrons. The number of fused-ring (bicyclic) bond motifs is 2. The fraction of sp³-hybridized carbons (Fsp3) is 0.533. The zero-order valence-electron chi connectivity index (χ0n) is 21.7. The average molecular weight is 477 g/mol. The fourth-order valence-electron chi connectivity index (χ4n) is 6.13. The number of benzene rings is 2. The van der Waals surface area contributed by atoms with Crippen molar-refractivity contribution in [2.75, 3.05) is 13.1 Å². The van der Waals surface area contributed by atoms with E-state index < -0.39 is 22.8 Å². The summed E-state index contributed by atoms with van der Waals surface area (Å²) in [5.41, 5.74) is 19.3. The van der Waals surface area contributed by atoms with E-state index in [1.54, 1.807) is 0 Å². The highest BCUT2D eigenvalue weighted by atomic mass is 16.6. The van der Waals surface area contributed by atoms with Gasteiger partial charge in [0.25, 0.3) is 0 Å². The van der Waals surface area contributed by atoms with Crippen molar-refractivity contribution in [2.45, 2.75) is 78.1 Å². The van der Waals surface area contributed by atoms with Crippen molar-refractivity contribution in [1.82, 2.24) is 0 Å². The molecule has 0 bridgehead atoms. The van der Waals surface area contributed by atoms with Gasteiger partial charge in [0.1, 0.15) is 0 Å². The Labute approximate surface area is 209 Å². The summed E-state index contributed by atoms with van der Waals surface area (Å²) in [4.78, 5) is 25.8. The first-order chi connectivity index (χ1) is 16.6. The van der Waals surface area contributed by atoms with E-state index in [0.717, 1.165) is 25.7 Å². The predicted octanol–water partition coefficient (Wildman–Crippen LogP) is 4.57. The molecule has 35 heavy (non-hydrogen) atoms. The van der Waals surface area contributed by atoms with Gasteiger partial charge >= 0.3 is 11.9 Å². The summed E-state index contributed by atoms with van der Waals surface area (Å²) in [6.07, 6.45) is 3.26. The van der Waals surface area contributed by atoms with E-state index in [4.69, 9.17) is 16.2 Å². The zero-order valence-corrected chi connectivity index (χ0v) is 21.7. The van der Waals surface area contributed by atoms with Crippen LogP contribution in [-0.4, -0.2) is 25.0 Å². The molecule has 4 N–H and O–H groups in total. The molecule has 0 fully saturated rings. The second kappa shape index (κ2) is 9.87. The van der Waals surface area contributed by atoms with Gasteiger partial charge in [-0.15, -0.1) is 0 Å². The average Bonchev–Trinajstić information content (AvgIpc) is 3.35. The van der Waals surface area contributed by atoms with Gasteiger partial charge < -0.3 is 16.2 Å². The highest BCUT2D eigenvalue weighted by molar-refractivity contribution is 5.86. The van der Waals surface area contributed by atoms with Crippen LogP contribution in [0, 0.1) is 10.8 Å². The summed E-state index contributed by atoms with van der Waals surface area (Å²) in [7, 11) is 0. The predicted molar refractivity (Wildman–Crippen MR) is 139 cm³/mol. The molecule has 4 rings (SSSR count). The Morgan fingerprint density at radius 1 is 0.800 bits per heavy atom. The smallest absolute Gasteiger partial charge is 0.314 e. The van der Waals surface area contributed by atoms with Crippen LogP contribution in [0.5, 0.6) is 0 Å². The van der Waals surface area contributed by atoms with Gasteiger partial charge in [-0.05, 0) is 84.0 Å². The molecule has 188 valence electrons. The van der Waals surface area contributed by atoms with Crippen LogP contribution < -0.4 is 11.5 Å². The Kier molecular flexibility index (Phi) is 7.21. The molecule has 2 aliphatic rings. The molecule has 2 aliphatic carbocycles. The molecule has 0 aliphatic heterocycles. The Morgan fingerprint density at radius 2 is 1.40 bits per heavy atom. The minimum atomic E-state index is -0.483. The molecule has 2 unspecified atom stereocenters. The second-order valence-corrected chi connectivity index (χ2v) is 11.6. The Bertz CT molecular complexity index is 1120. The summed E-state index contributed by atoms with van der Waals surface area (Å²) in [6.45, 7) is 9.48. The van der Waals surface area contributed by atoms with Crippen molar-refractivity contribution < 1.29 is 14.3 Å². The molecule has 0 saturated heterocycles. The first-order valence-corrected chi connectivity index (χ1v) is 13.0. The third-order valence-electron chi connectivity index (χ3n) is 8.21. The summed E-state index contributed by atoms with van der Waals surface area (Å²) < 4.78 is 5.38. The van der Waals surface area contributed by atoms with Crippen molar-refractivity contribution in [2.24, 2.45) is 22.3 Å². The van der Waals surface area contributed by atoms with Crippen LogP contribution in [0.2, 0.25) is 0 Å². The van der Waals surface area contributed by atoms with Crippen LogP contribution in [-0.2, 0) is 40.0 Å². The highest BCUT2D eigenvalue weighted by Gasteiger charge is 2.42. The Hall–Kier alpha value is -2.50. The van der Waals surface area contributed by atoms with Crippen molar-refractivity contribution in [3.8, 4) is 0 Å². The van der Waals surface area contributed by atoms with Gasteiger partial charge in [-0.25, -0.2) is 0 Å². The maximum absolute atomic E-state index is 12.9. The van der Waals surface area contributed by atoms with Gasteiger partial charge in [0.15, 0.2) is 0 Å². The topological polar surface area (TPSA) is 95.4 Å². The minimum Gasteiger partial charge on any atom is -0.393 e. The number of ether oxygens (including phenoxy) is 1. The quantitative estimate of drug-likeness (QED) is 0.430. The molecule has 0 aromatic heterocycles. The molecule has 2 atom stereocenters. The number of hydrogen-bond donors (Lipinski definition) is 2. The van der Waals surface area contributed by atoms with Gasteiger partial charge in [0, 0.05) is 10.8 Å². The molecule has 0 amide bonds. The summed E-state index contributed by atoms with van der Waals surface area (Å²) in [6, 6.07) is 12.9. The van der Waals surface area contributed by atoms with E-state index in [-0.39, 0.29) is 12.8 Å². The second-order valence-electron chi connectivity index (χ2n) is 11.6. The summed E-state index contributed by atoms with van der Waals surface area (Å²) >= 11 is 0. The third kappa shape index (κ3) is 5.22. The van der Waals surface area contributed by atoms with E-state index in [2.05, 4.69) is 64.1 Å². The standard InChI is InChI=1S/C30H40N2O3/c1-19(2)21-8-9-22-11-29(17-31,13-24(22)10-21)15-27(33)35-28(34)16-30(18-32)12-23-6-5-7-25(20(3)4)26(23)14-30/h5-10,19-20H,11-18,31-32H2,1-4H3. The maximum atomic E-state index is 12.9. The monoisotopic (exact) mass is 476 g/mol. The number of carbonyl (C=O) groups excluding carboxylic acids is 2. The van der Waals surface area contributed by atoms with E-state index in [0.29, 0.717) is 24.9 Å². The number of esters is 2. The molecule has 2 aromatic carbocycles.